The van der Waals surface area contributed by atoms with Crippen LogP contribution >= 0.6 is 11.6 Å². The molecular weight excluding hydrogens is 354 g/mol. The van der Waals surface area contributed by atoms with Crippen LogP contribution in [-0.2, 0) is 6.61 Å². The minimum absolute atomic E-state index is 0.155. The van der Waals surface area contributed by atoms with Gasteiger partial charge in [0.1, 0.15) is 11.3 Å². The van der Waals surface area contributed by atoms with Gasteiger partial charge < -0.3 is 13.6 Å². The maximum Gasteiger partial charge on any atom is 0.336 e. The molecule has 4 rings (SSSR count). The maximum atomic E-state index is 11.5. The molecule has 0 fully saturated rings. The summed E-state index contributed by atoms with van der Waals surface area (Å²) in [5, 5.41) is 1.50. The van der Waals surface area contributed by atoms with Crippen molar-refractivity contribution in [2.75, 3.05) is 0 Å². The van der Waals surface area contributed by atoms with Crippen LogP contribution in [0.3, 0.4) is 0 Å². The van der Waals surface area contributed by atoms with E-state index in [-0.39, 0.29) is 12.2 Å². The molecule has 0 atom stereocenters. The Morgan fingerprint density at radius 1 is 1.12 bits per heavy atom. The summed E-state index contributed by atoms with van der Waals surface area (Å²) < 4.78 is 16.6. The Hall–Kier alpha value is -3.05. The standard InChI is InChI=1S/C20H14ClNO4/c1-12-7-20(23)26-17-9-15(5-6-16(12)17)24-11-19-22-10-18(25-19)13-3-2-4-14(21)8-13/h2-10H,11H2,1H3. The van der Waals surface area contributed by atoms with Gasteiger partial charge in [0.15, 0.2) is 12.4 Å². The van der Waals surface area contributed by atoms with Crippen molar-refractivity contribution in [3.05, 3.63) is 81.6 Å². The number of hydrogen-bond donors (Lipinski definition) is 0. The molecule has 26 heavy (non-hydrogen) atoms. The smallest absolute Gasteiger partial charge is 0.336 e. The van der Waals surface area contributed by atoms with E-state index in [1.165, 1.54) is 6.07 Å². The Kier molecular flexibility index (Phi) is 4.22. The van der Waals surface area contributed by atoms with E-state index in [9.17, 15) is 4.79 Å². The third kappa shape index (κ3) is 3.34. The van der Waals surface area contributed by atoms with Gasteiger partial charge in [-0.05, 0) is 36.8 Å². The molecule has 0 radical (unpaired) electrons. The van der Waals surface area contributed by atoms with E-state index >= 15 is 0 Å². The van der Waals surface area contributed by atoms with Crippen LogP contribution in [0.2, 0.25) is 5.02 Å². The average Bonchev–Trinajstić information content (AvgIpc) is 3.08. The van der Waals surface area contributed by atoms with Gasteiger partial charge in [-0.2, -0.15) is 0 Å². The normalized spacial score (nSPS) is 11.0. The van der Waals surface area contributed by atoms with E-state index in [1.54, 1.807) is 24.4 Å². The summed E-state index contributed by atoms with van der Waals surface area (Å²) >= 11 is 5.99. The van der Waals surface area contributed by atoms with Crippen molar-refractivity contribution in [3.8, 4) is 17.1 Å². The van der Waals surface area contributed by atoms with Crippen molar-refractivity contribution in [3.63, 3.8) is 0 Å². The highest BCUT2D eigenvalue weighted by molar-refractivity contribution is 6.30. The summed E-state index contributed by atoms with van der Waals surface area (Å²) in [4.78, 5) is 15.7. The summed E-state index contributed by atoms with van der Waals surface area (Å²) in [6.07, 6.45) is 1.63. The molecule has 0 unspecified atom stereocenters. The fraction of sp³-hybridized carbons (Fsp3) is 0.100. The van der Waals surface area contributed by atoms with Gasteiger partial charge in [0.05, 0.1) is 6.20 Å². The summed E-state index contributed by atoms with van der Waals surface area (Å²) in [5.41, 5.74) is 1.81. The van der Waals surface area contributed by atoms with Gasteiger partial charge in [0, 0.05) is 28.1 Å². The maximum absolute atomic E-state index is 11.5. The van der Waals surface area contributed by atoms with E-state index in [0.717, 1.165) is 16.5 Å². The van der Waals surface area contributed by atoms with E-state index in [4.69, 9.17) is 25.2 Å². The largest absolute Gasteiger partial charge is 0.484 e. The highest BCUT2D eigenvalue weighted by Crippen LogP contribution is 2.25. The Balaban J connectivity index is 1.53. The second-order valence-electron chi connectivity index (χ2n) is 5.82. The minimum atomic E-state index is -0.383. The summed E-state index contributed by atoms with van der Waals surface area (Å²) in [6, 6.07) is 14.2. The third-order valence-corrected chi connectivity index (χ3v) is 4.18. The first kappa shape index (κ1) is 16.4. The van der Waals surface area contributed by atoms with E-state index in [0.29, 0.717) is 28.0 Å². The molecule has 4 aromatic rings. The Morgan fingerprint density at radius 3 is 2.85 bits per heavy atom. The Morgan fingerprint density at radius 2 is 2.00 bits per heavy atom. The number of hydrogen-bond acceptors (Lipinski definition) is 5. The van der Waals surface area contributed by atoms with Crippen molar-refractivity contribution >= 4 is 22.6 Å². The van der Waals surface area contributed by atoms with Gasteiger partial charge in [0.25, 0.3) is 0 Å². The second kappa shape index (κ2) is 6.69. The molecule has 0 aliphatic heterocycles. The molecule has 0 bridgehead atoms. The number of nitrogens with zero attached hydrogens (tertiary/aromatic N) is 1. The zero-order valence-corrected chi connectivity index (χ0v) is 14.6. The molecule has 0 aliphatic carbocycles. The zero-order chi connectivity index (χ0) is 18.1. The summed E-state index contributed by atoms with van der Waals surface area (Å²) in [6.45, 7) is 2.02. The first-order valence-electron chi connectivity index (χ1n) is 7.96. The zero-order valence-electron chi connectivity index (χ0n) is 13.9. The number of aryl methyl sites for hydroxylation is 1. The van der Waals surface area contributed by atoms with Crippen LogP contribution < -0.4 is 10.4 Å². The molecular formula is C20H14ClNO4. The third-order valence-electron chi connectivity index (χ3n) is 3.95. The molecule has 0 saturated heterocycles. The summed E-state index contributed by atoms with van der Waals surface area (Å²) in [7, 11) is 0. The van der Waals surface area contributed by atoms with Crippen LogP contribution in [0.15, 0.2) is 68.4 Å². The first-order chi connectivity index (χ1) is 12.6. The fourth-order valence-corrected chi connectivity index (χ4v) is 2.88. The van der Waals surface area contributed by atoms with Crippen LogP contribution in [0.25, 0.3) is 22.3 Å². The summed E-state index contributed by atoms with van der Waals surface area (Å²) in [5.74, 6) is 1.62. The van der Waals surface area contributed by atoms with Gasteiger partial charge in [-0.15, -0.1) is 0 Å². The lowest BCUT2D eigenvalue weighted by atomic mass is 10.1. The number of halogens is 1. The number of fused-ring (bicyclic) bond motifs is 1. The van der Waals surface area contributed by atoms with Gasteiger partial charge in [-0.3, -0.25) is 0 Å². The van der Waals surface area contributed by atoms with Crippen LogP contribution in [0.1, 0.15) is 11.5 Å². The van der Waals surface area contributed by atoms with Crippen molar-refractivity contribution < 1.29 is 13.6 Å². The Bertz CT molecular complexity index is 1150. The highest BCUT2D eigenvalue weighted by Gasteiger charge is 2.09. The van der Waals surface area contributed by atoms with Crippen molar-refractivity contribution in [2.24, 2.45) is 0 Å². The van der Waals surface area contributed by atoms with Crippen LogP contribution in [0, 0.1) is 6.92 Å². The van der Waals surface area contributed by atoms with Gasteiger partial charge in [-0.25, -0.2) is 9.78 Å². The molecule has 0 spiro atoms. The predicted molar refractivity (Wildman–Crippen MR) is 98.5 cm³/mol. The monoisotopic (exact) mass is 367 g/mol. The first-order valence-corrected chi connectivity index (χ1v) is 8.34. The molecule has 0 aliphatic rings. The second-order valence-corrected chi connectivity index (χ2v) is 6.26. The van der Waals surface area contributed by atoms with Crippen LogP contribution in [-0.4, -0.2) is 4.98 Å². The van der Waals surface area contributed by atoms with Crippen molar-refractivity contribution in [2.45, 2.75) is 13.5 Å². The van der Waals surface area contributed by atoms with E-state index < -0.39 is 0 Å². The van der Waals surface area contributed by atoms with Gasteiger partial charge >= 0.3 is 5.63 Å². The minimum Gasteiger partial charge on any atom is -0.484 e. The van der Waals surface area contributed by atoms with E-state index in [1.807, 2.05) is 31.2 Å². The lowest BCUT2D eigenvalue weighted by Crippen LogP contribution is -1.99. The Labute approximate surface area is 153 Å². The molecule has 2 heterocycles. The van der Waals surface area contributed by atoms with Crippen molar-refractivity contribution in [1.29, 1.82) is 0 Å². The number of benzene rings is 2. The lowest BCUT2D eigenvalue weighted by molar-refractivity contribution is 0.264. The topological polar surface area (TPSA) is 65.5 Å². The number of aromatic nitrogens is 1. The number of rotatable bonds is 4. The number of oxazole rings is 1. The molecule has 6 heteroatoms. The van der Waals surface area contributed by atoms with Gasteiger partial charge in [0.2, 0.25) is 5.89 Å². The number of ether oxygens (including phenoxy) is 1. The molecule has 2 aromatic carbocycles. The van der Waals surface area contributed by atoms with Crippen molar-refractivity contribution in [1.82, 2.24) is 4.98 Å². The van der Waals surface area contributed by atoms with Gasteiger partial charge in [-0.1, -0.05) is 23.7 Å². The molecule has 5 nitrogen and oxygen atoms in total. The lowest BCUT2D eigenvalue weighted by Gasteiger charge is -2.05. The SMILES string of the molecule is Cc1cc(=O)oc2cc(OCc3ncc(-c4cccc(Cl)c4)o3)ccc12. The quantitative estimate of drug-likeness (QED) is 0.475. The van der Waals surface area contributed by atoms with Crippen LogP contribution in [0.4, 0.5) is 0 Å². The van der Waals surface area contributed by atoms with Crippen LogP contribution in [0.5, 0.6) is 5.75 Å². The predicted octanol–water partition coefficient (Wildman–Crippen LogP) is 4.99. The highest BCUT2D eigenvalue weighted by atomic mass is 35.5. The average molecular weight is 368 g/mol. The molecule has 130 valence electrons. The molecule has 0 amide bonds. The molecule has 2 aromatic heterocycles. The fourth-order valence-electron chi connectivity index (χ4n) is 2.69. The molecule has 0 N–H and O–H groups in total. The van der Waals surface area contributed by atoms with E-state index in [2.05, 4.69) is 4.98 Å². The molecule has 0 saturated carbocycles.